The van der Waals surface area contributed by atoms with Gasteiger partial charge in [-0.2, -0.15) is 0 Å². The summed E-state index contributed by atoms with van der Waals surface area (Å²) in [5.41, 5.74) is 1.17. The Morgan fingerprint density at radius 1 is 1.32 bits per heavy atom. The van der Waals surface area contributed by atoms with Crippen molar-refractivity contribution in [3.63, 3.8) is 0 Å². The van der Waals surface area contributed by atoms with Gasteiger partial charge in [0.25, 0.3) is 5.91 Å². The maximum atomic E-state index is 12.1. The van der Waals surface area contributed by atoms with Gasteiger partial charge in [-0.05, 0) is 37.9 Å². The molecule has 1 aromatic heterocycles. The molecule has 2 aromatic rings. The highest BCUT2D eigenvalue weighted by Gasteiger charge is 2.18. The summed E-state index contributed by atoms with van der Waals surface area (Å²) in [6.07, 6.45) is 3.57. The van der Waals surface area contributed by atoms with Gasteiger partial charge in [-0.15, -0.1) is 17.5 Å². The van der Waals surface area contributed by atoms with Crippen LogP contribution >= 0.6 is 12.4 Å². The van der Waals surface area contributed by atoms with Gasteiger partial charge in [-0.1, -0.05) is 35.5 Å². The molecule has 1 aromatic carbocycles. The molecule has 0 bridgehead atoms. The number of carbonyl (C=O) groups is 1. The average Bonchev–Trinajstić information content (AvgIpc) is 3.13. The van der Waals surface area contributed by atoms with Crippen LogP contribution in [0.2, 0.25) is 0 Å². The fourth-order valence-corrected chi connectivity index (χ4v) is 2.89. The zero-order chi connectivity index (χ0) is 16.8. The lowest BCUT2D eigenvalue weighted by Gasteiger charge is -2.22. The molecule has 7 nitrogen and oxygen atoms in total. The van der Waals surface area contributed by atoms with Crippen molar-refractivity contribution in [3.8, 4) is 0 Å². The largest absolute Gasteiger partial charge is 0.388 e. The minimum absolute atomic E-state index is 0. The Balaban J connectivity index is 0.00000225. The van der Waals surface area contributed by atoms with Gasteiger partial charge >= 0.3 is 0 Å². The molecule has 25 heavy (non-hydrogen) atoms. The highest BCUT2D eigenvalue weighted by atomic mass is 35.5. The van der Waals surface area contributed by atoms with E-state index < -0.39 is 6.10 Å². The lowest BCUT2D eigenvalue weighted by atomic mass is 10.1. The minimum Gasteiger partial charge on any atom is -0.388 e. The lowest BCUT2D eigenvalue weighted by Crippen LogP contribution is -2.29. The molecule has 3 N–H and O–H groups in total. The molecule has 1 amide bonds. The Labute approximate surface area is 153 Å². The van der Waals surface area contributed by atoms with Crippen LogP contribution in [0.5, 0.6) is 0 Å². The Morgan fingerprint density at radius 3 is 2.76 bits per heavy atom. The van der Waals surface area contributed by atoms with Gasteiger partial charge in [-0.3, -0.25) is 4.79 Å². The first-order chi connectivity index (χ1) is 11.7. The Kier molecular flexibility index (Phi) is 7.36. The van der Waals surface area contributed by atoms with Gasteiger partial charge in [0.15, 0.2) is 5.69 Å². The zero-order valence-electron chi connectivity index (χ0n) is 14.0. The molecule has 1 saturated heterocycles. The number of amides is 1. The molecule has 0 saturated carbocycles. The monoisotopic (exact) mass is 365 g/mol. The van der Waals surface area contributed by atoms with E-state index in [0.29, 0.717) is 24.7 Å². The number of halogens is 1. The van der Waals surface area contributed by atoms with Crippen LogP contribution in [0.1, 0.15) is 47.5 Å². The predicted molar refractivity (Wildman–Crippen MR) is 96.8 cm³/mol. The summed E-state index contributed by atoms with van der Waals surface area (Å²) in [5, 5.41) is 24.2. The van der Waals surface area contributed by atoms with E-state index in [1.165, 1.54) is 0 Å². The third-order valence-electron chi connectivity index (χ3n) is 4.31. The van der Waals surface area contributed by atoms with E-state index in [1.54, 1.807) is 10.9 Å². The molecule has 1 aliphatic rings. The third kappa shape index (κ3) is 5.26. The van der Waals surface area contributed by atoms with E-state index in [0.717, 1.165) is 31.5 Å². The number of nitrogens with zero attached hydrogens (tertiary/aromatic N) is 3. The summed E-state index contributed by atoms with van der Waals surface area (Å²) in [6, 6.07) is 9.73. The molecule has 1 aliphatic heterocycles. The second kappa shape index (κ2) is 9.50. The first-order valence-electron chi connectivity index (χ1n) is 8.38. The van der Waals surface area contributed by atoms with Gasteiger partial charge in [0.1, 0.15) is 0 Å². The molecule has 8 heteroatoms. The maximum Gasteiger partial charge on any atom is 0.273 e. The maximum absolute atomic E-state index is 12.1. The van der Waals surface area contributed by atoms with Crippen LogP contribution in [0.4, 0.5) is 0 Å². The summed E-state index contributed by atoms with van der Waals surface area (Å²) in [6.45, 7) is 2.31. The molecular weight excluding hydrogens is 342 g/mol. The SMILES string of the molecule is Cl.O=C(NCCC(O)c1ccccc1)c1cn(C2CCNCC2)nn1. The normalized spacial score (nSPS) is 16.0. The van der Waals surface area contributed by atoms with Gasteiger partial charge < -0.3 is 15.7 Å². The topological polar surface area (TPSA) is 92.1 Å². The van der Waals surface area contributed by atoms with Crippen LogP contribution < -0.4 is 10.6 Å². The van der Waals surface area contributed by atoms with E-state index in [9.17, 15) is 9.90 Å². The molecule has 136 valence electrons. The Hall–Kier alpha value is -1.96. The second-order valence-electron chi connectivity index (χ2n) is 6.04. The third-order valence-corrected chi connectivity index (χ3v) is 4.31. The number of hydrogen-bond donors (Lipinski definition) is 3. The van der Waals surface area contributed by atoms with Crippen LogP contribution in [0.25, 0.3) is 0 Å². The van der Waals surface area contributed by atoms with Crippen molar-refractivity contribution < 1.29 is 9.90 Å². The van der Waals surface area contributed by atoms with Crippen LogP contribution in [-0.4, -0.2) is 45.6 Å². The van der Waals surface area contributed by atoms with Crippen molar-refractivity contribution in [1.82, 2.24) is 25.6 Å². The molecule has 0 aliphatic carbocycles. The van der Waals surface area contributed by atoms with Crippen molar-refractivity contribution in [1.29, 1.82) is 0 Å². The van der Waals surface area contributed by atoms with Crippen molar-refractivity contribution in [2.75, 3.05) is 19.6 Å². The van der Waals surface area contributed by atoms with E-state index in [1.807, 2.05) is 30.3 Å². The molecule has 0 spiro atoms. The van der Waals surface area contributed by atoms with E-state index in [-0.39, 0.29) is 18.3 Å². The number of rotatable bonds is 6. The predicted octanol–water partition coefficient (Wildman–Crippen LogP) is 1.48. The fourth-order valence-electron chi connectivity index (χ4n) is 2.89. The first-order valence-corrected chi connectivity index (χ1v) is 8.38. The van der Waals surface area contributed by atoms with Crippen molar-refractivity contribution in [2.24, 2.45) is 0 Å². The van der Waals surface area contributed by atoms with Gasteiger partial charge in [0.05, 0.1) is 18.3 Å². The number of aliphatic hydroxyl groups is 1. The van der Waals surface area contributed by atoms with Gasteiger partial charge in [0, 0.05) is 6.54 Å². The van der Waals surface area contributed by atoms with Crippen LogP contribution in [-0.2, 0) is 0 Å². The number of piperidine rings is 1. The average molecular weight is 366 g/mol. The van der Waals surface area contributed by atoms with Crippen molar-refractivity contribution in [3.05, 3.63) is 47.8 Å². The summed E-state index contributed by atoms with van der Waals surface area (Å²) >= 11 is 0. The summed E-state index contributed by atoms with van der Waals surface area (Å²) in [4.78, 5) is 12.1. The molecule has 3 rings (SSSR count). The van der Waals surface area contributed by atoms with Crippen LogP contribution in [0.3, 0.4) is 0 Å². The van der Waals surface area contributed by atoms with E-state index in [2.05, 4.69) is 20.9 Å². The van der Waals surface area contributed by atoms with Crippen LogP contribution in [0.15, 0.2) is 36.5 Å². The Morgan fingerprint density at radius 2 is 2.04 bits per heavy atom. The molecular formula is C17H24ClN5O2. The molecule has 0 radical (unpaired) electrons. The highest BCUT2D eigenvalue weighted by molar-refractivity contribution is 5.91. The quantitative estimate of drug-likeness (QED) is 0.721. The van der Waals surface area contributed by atoms with Crippen molar-refractivity contribution in [2.45, 2.75) is 31.4 Å². The minimum atomic E-state index is -0.586. The number of aliphatic hydroxyl groups excluding tert-OH is 1. The number of carbonyl (C=O) groups excluding carboxylic acids is 1. The van der Waals surface area contributed by atoms with Crippen LogP contribution in [0, 0.1) is 0 Å². The Bertz CT molecular complexity index is 658. The summed E-state index contributed by atoms with van der Waals surface area (Å²) < 4.78 is 1.79. The summed E-state index contributed by atoms with van der Waals surface area (Å²) in [7, 11) is 0. The fraction of sp³-hybridized carbons (Fsp3) is 0.471. The molecule has 1 unspecified atom stereocenters. The standard InChI is InChI=1S/C17H23N5O2.ClH/c23-16(13-4-2-1-3-5-13)8-11-19-17(24)15-12-22(21-20-15)14-6-9-18-10-7-14;/h1-5,12,14,16,18,23H,6-11H2,(H,19,24);1H. The summed E-state index contributed by atoms with van der Waals surface area (Å²) in [5.74, 6) is -0.254. The van der Waals surface area contributed by atoms with Crippen molar-refractivity contribution >= 4 is 18.3 Å². The van der Waals surface area contributed by atoms with E-state index in [4.69, 9.17) is 0 Å². The zero-order valence-corrected chi connectivity index (χ0v) is 14.8. The second-order valence-corrected chi connectivity index (χ2v) is 6.04. The van der Waals surface area contributed by atoms with E-state index >= 15 is 0 Å². The smallest absolute Gasteiger partial charge is 0.273 e. The van der Waals surface area contributed by atoms with Gasteiger partial charge in [0.2, 0.25) is 0 Å². The lowest BCUT2D eigenvalue weighted by molar-refractivity contribution is 0.0937. The number of hydrogen-bond acceptors (Lipinski definition) is 5. The number of nitrogens with one attached hydrogen (secondary N) is 2. The first kappa shape index (κ1) is 19.4. The number of benzene rings is 1. The number of aromatic nitrogens is 3. The molecule has 1 atom stereocenters. The van der Waals surface area contributed by atoms with Gasteiger partial charge in [-0.25, -0.2) is 4.68 Å². The highest BCUT2D eigenvalue weighted by Crippen LogP contribution is 2.17. The molecule has 1 fully saturated rings. The molecule has 2 heterocycles.